The topological polar surface area (TPSA) is 43.6 Å². The number of aryl methyl sites for hydroxylation is 1. The van der Waals surface area contributed by atoms with E-state index in [1.165, 1.54) is 4.88 Å². The third-order valence-corrected chi connectivity index (χ3v) is 5.44. The molecule has 0 aliphatic heterocycles. The van der Waals surface area contributed by atoms with Crippen LogP contribution in [0.3, 0.4) is 0 Å². The zero-order valence-corrected chi connectivity index (χ0v) is 16.3. The van der Waals surface area contributed by atoms with E-state index in [4.69, 9.17) is 10.1 Å². The lowest BCUT2D eigenvalue weighted by atomic mass is 10.1. The van der Waals surface area contributed by atoms with Gasteiger partial charge in [-0.25, -0.2) is 4.98 Å². The highest BCUT2D eigenvalue weighted by molar-refractivity contribution is 7.97. The highest BCUT2D eigenvalue weighted by Crippen LogP contribution is 2.37. The van der Waals surface area contributed by atoms with Gasteiger partial charge in [-0.2, -0.15) is 16.9 Å². The van der Waals surface area contributed by atoms with Gasteiger partial charge >= 0.3 is 0 Å². The molecule has 4 nitrogen and oxygen atoms in total. The van der Waals surface area contributed by atoms with Gasteiger partial charge in [-0.3, -0.25) is 9.67 Å². The van der Waals surface area contributed by atoms with E-state index < -0.39 is 0 Å². The highest BCUT2D eigenvalue weighted by atomic mass is 32.2. The van der Waals surface area contributed by atoms with Crippen LogP contribution in [0.5, 0.6) is 0 Å². The molecule has 3 rings (SSSR count). The van der Waals surface area contributed by atoms with Gasteiger partial charge in [0.25, 0.3) is 0 Å². The molecule has 0 unspecified atom stereocenters. The van der Waals surface area contributed by atoms with Crippen LogP contribution in [0.4, 0.5) is 0 Å². The summed E-state index contributed by atoms with van der Waals surface area (Å²) in [7, 11) is 0. The molecule has 0 bridgehead atoms. The van der Waals surface area contributed by atoms with Gasteiger partial charge in [-0.1, -0.05) is 0 Å². The quantitative estimate of drug-likeness (QED) is 0.658. The predicted molar refractivity (Wildman–Crippen MR) is 104 cm³/mol. The monoisotopic (exact) mass is 358 g/mol. The van der Waals surface area contributed by atoms with Gasteiger partial charge in [0.05, 0.1) is 27.5 Å². The SMILES string of the molecule is CSCc1cc(-c2sc(-c3cccnc3)nc2C)n(C(C)(C)C)n1. The number of hydrogen-bond donors (Lipinski definition) is 0. The second-order valence-electron chi connectivity index (χ2n) is 6.71. The molecular formula is C18H22N4S2. The van der Waals surface area contributed by atoms with Crippen molar-refractivity contribution in [3.63, 3.8) is 0 Å². The van der Waals surface area contributed by atoms with E-state index in [0.717, 1.165) is 33.4 Å². The van der Waals surface area contributed by atoms with Crippen molar-refractivity contribution in [3.05, 3.63) is 42.0 Å². The number of pyridine rings is 1. The van der Waals surface area contributed by atoms with Crippen molar-refractivity contribution in [1.29, 1.82) is 0 Å². The van der Waals surface area contributed by atoms with Crippen LogP contribution >= 0.6 is 23.1 Å². The fourth-order valence-electron chi connectivity index (χ4n) is 2.57. The number of aromatic nitrogens is 4. The third-order valence-electron chi connectivity index (χ3n) is 3.63. The Morgan fingerprint density at radius 2 is 2.08 bits per heavy atom. The van der Waals surface area contributed by atoms with Crippen LogP contribution in [0.2, 0.25) is 0 Å². The Hall–Kier alpha value is -1.66. The van der Waals surface area contributed by atoms with Crippen molar-refractivity contribution in [2.75, 3.05) is 6.26 Å². The number of hydrogen-bond acceptors (Lipinski definition) is 5. The van der Waals surface area contributed by atoms with Gasteiger partial charge in [0.15, 0.2) is 0 Å². The fraction of sp³-hybridized carbons (Fsp3) is 0.389. The second-order valence-corrected chi connectivity index (χ2v) is 8.58. The maximum absolute atomic E-state index is 4.83. The van der Waals surface area contributed by atoms with Crippen molar-refractivity contribution in [3.8, 4) is 21.1 Å². The lowest BCUT2D eigenvalue weighted by Crippen LogP contribution is -2.24. The van der Waals surface area contributed by atoms with Gasteiger partial charge in [-0.15, -0.1) is 11.3 Å². The summed E-state index contributed by atoms with van der Waals surface area (Å²) in [4.78, 5) is 10.2. The lowest BCUT2D eigenvalue weighted by molar-refractivity contribution is 0.358. The van der Waals surface area contributed by atoms with Crippen LogP contribution in [-0.2, 0) is 11.3 Å². The van der Waals surface area contributed by atoms with Crippen molar-refractivity contribution in [2.45, 2.75) is 39.0 Å². The Labute approximate surface area is 151 Å². The van der Waals surface area contributed by atoms with E-state index in [1.807, 2.05) is 12.3 Å². The Bertz CT molecular complexity index is 829. The van der Waals surface area contributed by atoms with E-state index >= 15 is 0 Å². The van der Waals surface area contributed by atoms with E-state index in [9.17, 15) is 0 Å². The van der Waals surface area contributed by atoms with Crippen LogP contribution in [0, 0.1) is 6.92 Å². The molecule has 0 saturated carbocycles. The Morgan fingerprint density at radius 1 is 1.29 bits per heavy atom. The van der Waals surface area contributed by atoms with Crippen LogP contribution in [0.15, 0.2) is 30.6 Å². The first-order valence-corrected chi connectivity index (χ1v) is 10.1. The molecule has 0 radical (unpaired) electrons. The largest absolute Gasteiger partial charge is 0.264 e. The molecule has 0 saturated heterocycles. The summed E-state index contributed by atoms with van der Waals surface area (Å²) in [6, 6.07) is 6.20. The van der Waals surface area contributed by atoms with Gasteiger partial charge in [0, 0.05) is 23.7 Å². The first-order chi connectivity index (χ1) is 11.4. The average molecular weight is 359 g/mol. The van der Waals surface area contributed by atoms with Crippen LogP contribution in [0.25, 0.3) is 21.1 Å². The zero-order chi connectivity index (χ0) is 17.3. The summed E-state index contributed by atoms with van der Waals surface area (Å²) in [5.74, 6) is 0.920. The number of nitrogens with zero attached hydrogens (tertiary/aromatic N) is 4. The third kappa shape index (κ3) is 3.39. The molecule has 3 aromatic rings. The number of thiazole rings is 1. The summed E-state index contributed by atoms with van der Waals surface area (Å²) in [6.07, 6.45) is 5.75. The molecule has 3 heterocycles. The number of rotatable bonds is 4. The van der Waals surface area contributed by atoms with E-state index in [1.54, 1.807) is 29.3 Å². The Kier molecular flexibility index (Phi) is 4.78. The van der Waals surface area contributed by atoms with Crippen LogP contribution in [0.1, 0.15) is 32.2 Å². The molecule has 24 heavy (non-hydrogen) atoms. The number of thioether (sulfide) groups is 1. The average Bonchev–Trinajstić information content (AvgIpc) is 3.12. The second kappa shape index (κ2) is 6.69. The first kappa shape index (κ1) is 17.2. The molecule has 126 valence electrons. The van der Waals surface area contributed by atoms with Crippen molar-refractivity contribution >= 4 is 23.1 Å². The molecule has 0 aliphatic carbocycles. The van der Waals surface area contributed by atoms with Crippen molar-refractivity contribution < 1.29 is 0 Å². The molecule has 0 aliphatic rings. The molecule has 0 atom stereocenters. The van der Waals surface area contributed by atoms with Gasteiger partial charge < -0.3 is 0 Å². The van der Waals surface area contributed by atoms with Crippen molar-refractivity contribution in [2.24, 2.45) is 0 Å². The summed E-state index contributed by atoms with van der Waals surface area (Å²) in [5.41, 5.74) is 4.29. The highest BCUT2D eigenvalue weighted by Gasteiger charge is 2.23. The normalized spacial score (nSPS) is 11.9. The molecule has 0 spiro atoms. The molecule has 0 aromatic carbocycles. The van der Waals surface area contributed by atoms with Crippen molar-refractivity contribution in [1.82, 2.24) is 19.7 Å². The Morgan fingerprint density at radius 3 is 2.71 bits per heavy atom. The molecule has 3 aromatic heterocycles. The zero-order valence-electron chi connectivity index (χ0n) is 14.7. The minimum atomic E-state index is -0.0725. The summed E-state index contributed by atoms with van der Waals surface area (Å²) < 4.78 is 2.13. The smallest absolute Gasteiger partial charge is 0.125 e. The molecule has 0 amide bonds. The van der Waals surface area contributed by atoms with Crippen LogP contribution < -0.4 is 0 Å². The van der Waals surface area contributed by atoms with Gasteiger partial charge in [0.2, 0.25) is 0 Å². The van der Waals surface area contributed by atoms with Gasteiger partial charge in [-0.05, 0) is 52.1 Å². The minimum Gasteiger partial charge on any atom is -0.264 e. The molecule has 0 fully saturated rings. The minimum absolute atomic E-state index is 0.0725. The summed E-state index contributed by atoms with van der Waals surface area (Å²) in [5, 5.41) is 5.84. The molecule has 0 N–H and O–H groups in total. The van der Waals surface area contributed by atoms with Crippen LogP contribution in [-0.4, -0.2) is 26.0 Å². The van der Waals surface area contributed by atoms with E-state index in [-0.39, 0.29) is 5.54 Å². The summed E-state index contributed by atoms with van der Waals surface area (Å²) in [6.45, 7) is 8.63. The predicted octanol–water partition coefficient (Wildman–Crippen LogP) is 5.00. The van der Waals surface area contributed by atoms with E-state index in [0.29, 0.717) is 0 Å². The maximum Gasteiger partial charge on any atom is 0.125 e. The first-order valence-electron chi connectivity index (χ1n) is 7.86. The standard InChI is InChI=1S/C18H22N4S2/c1-12-16(24-17(20-12)13-7-6-8-19-10-13)15-9-14(11-23-5)21-22(15)18(2,3)4/h6-10H,11H2,1-5H3. The lowest BCUT2D eigenvalue weighted by Gasteiger charge is -2.22. The molecule has 6 heteroatoms. The Balaban J connectivity index is 2.11. The van der Waals surface area contributed by atoms with Gasteiger partial charge in [0.1, 0.15) is 5.01 Å². The maximum atomic E-state index is 4.83. The molecular weight excluding hydrogens is 336 g/mol. The fourth-order valence-corrected chi connectivity index (χ4v) is 4.06. The van der Waals surface area contributed by atoms with E-state index in [2.05, 4.69) is 55.7 Å². The summed E-state index contributed by atoms with van der Waals surface area (Å²) >= 11 is 3.50.